The van der Waals surface area contributed by atoms with Crippen LogP contribution >= 0.6 is 0 Å². The molecule has 0 unspecified atom stereocenters. The molecule has 0 aliphatic rings. The van der Waals surface area contributed by atoms with Crippen molar-refractivity contribution in [3.8, 4) is 5.69 Å². The SMILES string of the molecule is Cc1cc(NC(=O)c2ccc(S(C)(=O)=O)cc2)n(-c2ccccc2C(F)(F)F)n1. The fraction of sp³-hybridized carbons (Fsp3) is 0.158. The number of nitrogens with zero attached hydrogens (tertiary/aromatic N) is 2. The van der Waals surface area contributed by atoms with E-state index in [2.05, 4.69) is 10.4 Å². The van der Waals surface area contributed by atoms with Crippen molar-refractivity contribution in [1.29, 1.82) is 0 Å². The van der Waals surface area contributed by atoms with E-state index >= 15 is 0 Å². The number of carbonyl (C=O) groups is 1. The molecule has 0 fully saturated rings. The van der Waals surface area contributed by atoms with E-state index in [1.165, 1.54) is 48.5 Å². The van der Waals surface area contributed by atoms with Crippen LogP contribution in [-0.2, 0) is 16.0 Å². The van der Waals surface area contributed by atoms with E-state index in [-0.39, 0.29) is 22.0 Å². The van der Waals surface area contributed by atoms with Gasteiger partial charge in [-0.15, -0.1) is 0 Å². The van der Waals surface area contributed by atoms with E-state index in [4.69, 9.17) is 0 Å². The van der Waals surface area contributed by atoms with Crippen molar-refractivity contribution in [3.05, 3.63) is 71.4 Å². The zero-order valence-corrected chi connectivity index (χ0v) is 16.2. The second kappa shape index (κ2) is 7.36. The van der Waals surface area contributed by atoms with E-state index in [0.717, 1.165) is 17.0 Å². The van der Waals surface area contributed by atoms with Crippen molar-refractivity contribution in [2.75, 3.05) is 11.6 Å². The first kappa shape index (κ1) is 20.6. The number of nitrogens with one attached hydrogen (secondary N) is 1. The van der Waals surface area contributed by atoms with Gasteiger partial charge in [-0.1, -0.05) is 12.1 Å². The number of hydrogen-bond donors (Lipinski definition) is 1. The summed E-state index contributed by atoms with van der Waals surface area (Å²) >= 11 is 0. The number of benzene rings is 2. The van der Waals surface area contributed by atoms with Gasteiger partial charge in [-0.25, -0.2) is 13.1 Å². The van der Waals surface area contributed by atoms with Crippen LogP contribution in [0.5, 0.6) is 0 Å². The Labute approximate surface area is 164 Å². The van der Waals surface area contributed by atoms with Crippen LogP contribution in [0.4, 0.5) is 19.0 Å². The van der Waals surface area contributed by atoms with Crippen molar-refractivity contribution < 1.29 is 26.4 Å². The molecule has 1 aromatic heterocycles. The highest BCUT2D eigenvalue weighted by atomic mass is 32.2. The largest absolute Gasteiger partial charge is 0.418 e. The van der Waals surface area contributed by atoms with Gasteiger partial charge in [-0.3, -0.25) is 4.79 Å². The molecule has 2 aromatic carbocycles. The van der Waals surface area contributed by atoms with Gasteiger partial charge in [0.05, 0.1) is 21.8 Å². The van der Waals surface area contributed by atoms with Gasteiger partial charge in [0.2, 0.25) is 0 Å². The summed E-state index contributed by atoms with van der Waals surface area (Å²) in [6, 6.07) is 11.5. The number of carbonyl (C=O) groups excluding carboxylic acids is 1. The lowest BCUT2D eigenvalue weighted by molar-refractivity contribution is -0.137. The molecule has 1 heterocycles. The lowest BCUT2D eigenvalue weighted by Gasteiger charge is -2.15. The van der Waals surface area contributed by atoms with E-state index in [1.54, 1.807) is 6.92 Å². The summed E-state index contributed by atoms with van der Waals surface area (Å²) in [5.74, 6) is -0.563. The zero-order chi connectivity index (χ0) is 21.4. The van der Waals surface area contributed by atoms with Crippen LogP contribution in [-0.4, -0.2) is 30.4 Å². The van der Waals surface area contributed by atoms with Crippen LogP contribution < -0.4 is 5.32 Å². The van der Waals surface area contributed by atoms with E-state index < -0.39 is 27.5 Å². The number of sulfone groups is 1. The Morgan fingerprint density at radius 1 is 1.07 bits per heavy atom. The Morgan fingerprint density at radius 3 is 2.28 bits per heavy atom. The molecule has 10 heteroatoms. The lowest BCUT2D eigenvalue weighted by Crippen LogP contribution is -2.17. The third kappa shape index (κ3) is 4.48. The maximum Gasteiger partial charge on any atom is 0.418 e. The summed E-state index contributed by atoms with van der Waals surface area (Å²) in [7, 11) is -3.41. The number of hydrogen-bond acceptors (Lipinski definition) is 4. The number of aromatic nitrogens is 2. The lowest BCUT2D eigenvalue weighted by atomic mass is 10.1. The van der Waals surface area contributed by atoms with E-state index in [0.29, 0.717) is 5.69 Å². The highest BCUT2D eigenvalue weighted by Gasteiger charge is 2.34. The molecule has 1 amide bonds. The molecule has 6 nitrogen and oxygen atoms in total. The van der Waals surface area contributed by atoms with Gasteiger partial charge < -0.3 is 5.32 Å². The molecule has 1 N–H and O–H groups in total. The first-order chi connectivity index (χ1) is 13.5. The number of anilines is 1. The summed E-state index contributed by atoms with van der Waals surface area (Å²) in [6.07, 6.45) is -3.55. The van der Waals surface area contributed by atoms with Crippen molar-refractivity contribution in [2.45, 2.75) is 18.0 Å². The van der Waals surface area contributed by atoms with Gasteiger partial charge in [0, 0.05) is 17.9 Å². The predicted molar refractivity (Wildman–Crippen MR) is 101 cm³/mol. The van der Waals surface area contributed by atoms with Crippen LogP contribution in [0, 0.1) is 6.92 Å². The van der Waals surface area contributed by atoms with Gasteiger partial charge in [0.25, 0.3) is 5.91 Å². The maximum atomic E-state index is 13.4. The quantitative estimate of drug-likeness (QED) is 0.691. The summed E-state index contributed by atoms with van der Waals surface area (Å²) in [4.78, 5) is 12.6. The Bertz CT molecular complexity index is 1170. The van der Waals surface area contributed by atoms with Gasteiger partial charge in [-0.2, -0.15) is 18.3 Å². The highest BCUT2D eigenvalue weighted by molar-refractivity contribution is 7.90. The third-order valence-electron chi connectivity index (χ3n) is 4.06. The average Bonchev–Trinajstić information content (AvgIpc) is 3.00. The normalized spacial score (nSPS) is 12.0. The number of aryl methyl sites for hydroxylation is 1. The first-order valence-corrected chi connectivity index (χ1v) is 10.2. The number of rotatable bonds is 4. The molecule has 0 atom stereocenters. The zero-order valence-electron chi connectivity index (χ0n) is 15.4. The molecule has 152 valence electrons. The van der Waals surface area contributed by atoms with Crippen LogP contribution in [0.1, 0.15) is 21.6 Å². The molecule has 0 aliphatic heterocycles. The van der Waals surface area contributed by atoms with Crippen molar-refractivity contribution in [1.82, 2.24) is 9.78 Å². The van der Waals surface area contributed by atoms with Gasteiger partial charge in [-0.05, 0) is 43.3 Å². The Balaban J connectivity index is 1.96. The van der Waals surface area contributed by atoms with Gasteiger partial charge in [0.15, 0.2) is 9.84 Å². The minimum atomic E-state index is -4.60. The third-order valence-corrected chi connectivity index (χ3v) is 5.18. The van der Waals surface area contributed by atoms with E-state index in [1.807, 2.05) is 0 Å². The molecular weight excluding hydrogens is 407 g/mol. The minimum absolute atomic E-state index is 0.0500. The molecule has 0 saturated carbocycles. The fourth-order valence-corrected chi connectivity index (χ4v) is 3.34. The fourth-order valence-electron chi connectivity index (χ4n) is 2.71. The Morgan fingerprint density at radius 2 is 1.69 bits per heavy atom. The van der Waals surface area contributed by atoms with Crippen molar-refractivity contribution in [2.24, 2.45) is 0 Å². The molecule has 3 rings (SSSR count). The summed E-state index contributed by atoms with van der Waals surface area (Å²) in [6.45, 7) is 1.59. The van der Waals surface area contributed by atoms with Crippen LogP contribution in [0.25, 0.3) is 5.69 Å². The standard InChI is InChI=1S/C19H16F3N3O3S/c1-12-11-17(23-18(26)13-7-9-14(10-8-13)29(2,27)28)25(24-12)16-6-4-3-5-15(16)19(20,21)22/h3-11H,1-2H3,(H,23,26). The number of halogens is 3. The van der Waals surface area contributed by atoms with E-state index in [9.17, 15) is 26.4 Å². The molecular formula is C19H16F3N3O3S. The Hall–Kier alpha value is -3.14. The monoisotopic (exact) mass is 423 g/mol. The van der Waals surface area contributed by atoms with Crippen LogP contribution in [0.3, 0.4) is 0 Å². The molecule has 0 spiro atoms. The predicted octanol–water partition coefficient (Wildman–Crippen LogP) is 3.86. The van der Waals surface area contributed by atoms with Crippen molar-refractivity contribution >= 4 is 21.6 Å². The topological polar surface area (TPSA) is 81.1 Å². The number of para-hydroxylation sites is 1. The first-order valence-electron chi connectivity index (χ1n) is 8.31. The Kier molecular flexibility index (Phi) is 5.22. The smallest absolute Gasteiger partial charge is 0.306 e. The average molecular weight is 423 g/mol. The highest BCUT2D eigenvalue weighted by Crippen LogP contribution is 2.34. The van der Waals surface area contributed by atoms with Crippen molar-refractivity contribution in [3.63, 3.8) is 0 Å². The molecule has 3 aromatic rings. The molecule has 0 radical (unpaired) electrons. The molecule has 29 heavy (non-hydrogen) atoms. The summed E-state index contributed by atoms with van der Waals surface area (Å²) in [5, 5.41) is 6.60. The number of amides is 1. The van der Waals surface area contributed by atoms with Gasteiger partial charge in [0.1, 0.15) is 5.82 Å². The summed E-state index contributed by atoms with van der Waals surface area (Å²) < 4.78 is 64.1. The van der Waals surface area contributed by atoms with Crippen LogP contribution in [0.15, 0.2) is 59.5 Å². The second-order valence-corrected chi connectivity index (χ2v) is 8.36. The van der Waals surface area contributed by atoms with Gasteiger partial charge >= 0.3 is 6.18 Å². The maximum absolute atomic E-state index is 13.4. The minimum Gasteiger partial charge on any atom is -0.306 e. The number of alkyl halides is 3. The molecule has 0 saturated heterocycles. The molecule has 0 aliphatic carbocycles. The molecule has 0 bridgehead atoms. The summed E-state index contributed by atoms with van der Waals surface area (Å²) in [5.41, 5.74) is -0.566. The van der Waals surface area contributed by atoms with Crippen LogP contribution in [0.2, 0.25) is 0 Å². The second-order valence-electron chi connectivity index (χ2n) is 6.35.